The number of hydrogen-bond acceptors (Lipinski definition) is 4. The van der Waals surface area contributed by atoms with Gasteiger partial charge in [-0.05, 0) is 48.4 Å². The van der Waals surface area contributed by atoms with Crippen LogP contribution in [0, 0.1) is 0 Å². The minimum Gasteiger partial charge on any atom is -0.497 e. The molecule has 0 heterocycles. The fraction of sp³-hybridized carbons (Fsp3) is 0.259. The van der Waals surface area contributed by atoms with Crippen LogP contribution in [0.5, 0.6) is 11.5 Å². The zero-order valence-corrected chi connectivity index (χ0v) is 22.0. The lowest BCUT2D eigenvalue weighted by atomic mass is 10.0. The first-order chi connectivity index (χ1) is 16.9. The Morgan fingerprint density at radius 1 is 1.03 bits per heavy atom. The maximum atomic E-state index is 13.5. The largest absolute Gasteiger partial charge is 0.497 e. The topological polar surface area (TPSA) is 67.9 Å². The molecule has 0 bridgehead atoms. The van der Waals surface area contributed by atoms with Crippen molar-refractivity contribution in [2.24, 2.45) is 0 Å². The van der Waals surface area contributed by atoms with E-state index in [1.54, 1.807) is 30.2 Å². The normalized spacial score (nSPS) is 11.4. The molecule has 0 aliphatic carbocycles. The van der Waals surface area contributed by atoms with Crippen molar-refractivity contribution in [3.8, 4) is 11.5 Å². The summed E-state index contributed by atoms with van der Waals surface area (Å²) in [7, 11) is 1.59. The summed E-state index contributed by atoms with van der Waals surface area (Å²) >= 11 is 9.62. The fourth-order valence-corrected chi connectivity index (χ4v) is 4.36. The SMILES string of the molecule is CCNC(=O)C(Cc1ccccc1)N(Cc1cccc(OC)c1)C(=O)COc1ccc(Br)cc1Cl. The van der Waals surface area contributed by atoms with E-state index in [0.29, 0.717) is 29.5 Å². The number of likely N-dealkylation sites (N-methyl/N-ethyl adjacent to an activating group) is 1. The number of carbonyl (C=O) groups is 2. The number of ether oxygens (including phenoxy) is 2. The summed E-state index contributed by atoms with van der Waals surface area (Å²) in [6.07, 6.45) is 0.363. The zero-order valence-electron chi connectivity index (χ0n) is 19.7. The third kappa shape index (κ3) is 7.73. The van der Waals surface area contributed by atoms with E-state index in [1.807, 2.05) is 61.5 Å². The van der Waals surface area contributed by atoms with Crippen molar-refractivity contribution < 1.29 is 19.1 Å². The van der Waals surface area contributed by atoms with Gasteiger partial charge in [0, 0.05) is 24.0 Å². The monoisotopic (exact) mass is 558 g/mol. The van der Waals surface area contributed by atoms with Gasteiger partial charge in [0.15, 0.2) is 6.61 Å². The lowest BCUT2D eigenvalue weighted by molar-refractivity contribution is -0.142. The predicted octanol–water partition coefficient (Wildman–Crippen LogP) is 5.27. The van der Waals surface area contributed by atoms with E-state index in [4.69, 9.17) is 21.1 Å². The highest BCUT2D eigenvalue weighted by Gasteiger charge is 2.30. The minimum atomic E-state index is -0.736. The molecule has 35 heavy (non-hydrogen) atoms. The molecule has 2 amide bonds. The smallest absolute Gasteiger partial charge is 0.261 e. The summed E-state index contributed by atoms with van der Waals surface area (Å²) in [5.74, 6) is 0.501. The molecule has 0 aliphatic heterocycles. The Bertz CT molecular complexity index is 1140. The fourth-order valence-electron chi connectivity index (χ4n) is 3.63. The molecule has 184 valence electrons. The van der Waals surface area contributed by atoms with Crippen LogP contribution in [-0.2, 0) is 22.6 Å². The molecule has 0 saturated heterocycles. The van der Waals surface area contributed by atoms with Gasteiger partial charge < -0.3 is 19.7 Å². The molecular weight excluding hydrogens is 532 g/mol. The van der Waals surface area contributed by atoms with Crippen LogP contribution in [0.3, 0.4) is 0 Å². The van der Waals surface area contributed by atoms with Crippen molar-refractivity contribution in [2.45, 2.75) is 25.9 Å². The molecule has 0 aliphatic rings. The van der Waals surface area contributed by atoms with Gasteiger partial charge in [-0.2, -0.15) is 0 Å². The second-order valence-electron chi connectivity index (χ2n) is 7.84. The highest BCUT2D eigenvalue weighted by atomic mass is 79.9. The van der Waals surface area contributed by atoms with Crippen molar-refractivity contribution in [2.75, 3.05) is 20.3 Å². The van der Waals surface area contributed by atoms with Crippen LogP contribution in [0.1, 0.15) is 18.1 Å². The molecule has 3 aromatic rings. The second-order valence-corrected chi connectivity index (χ2v) is 9.16. The van der Waals surface area contributed by atoms with Crippen LogP contribution in [0.4, 0.5) is 0 Å². The Hall–Kier alpha value is -3.03. The van der Waals surface area contributed by atoms with E-state index in [1.165, 1.54) is 0 Å². The van der Waals surface area contributed by atoms with Crippen LogP contribution in [0.25, 0.3) is 0 Å². The zero-order chi connectivity index (χ0) is 25.2. The Morgan fingerprint density at radius 3 is 2.46 bits per heavy atom. The van der Waals surface area contributed by atoms with Gasteiger partial charge in [-0.25, -0.2) is 0 Å². The number of hydrogen-bond donors (Lipinski definition) is 1. The van der Waals surface area contributed by atoms with Gasteiger partial charge in [0.2, 0.25) is 5.91 Å². The standard InChI is InChI=1S/C27H28BrClN2O4/c1-3-30-27(33)24(15-19-8-5-4-6-9-19)31(17-20-10-7-11-22(14-20)34-2)26(32)18-35-25-13-12-21(28)16-23(25)29/h4-14,16,24H,3,15,17-18H2,1-2H3,(H,30,33). The molecule has 3 rings (SSSR count). The number of methoxy groups -OCH3 is 1. The lowest BCUT2D eigenvalue weighted by Crippen LogP contribution is -2.51. The van der Waals surface area contributed by atoms with E-state index >= 15 is 0 Å². The van der Waals surface area contributed by atoms with Gasteiger partial charge in [0.05, 0.1) is 12.1 Å². The number of nitrogens with one attached hydrogen (secondary N) is 1. The minimum absolute atomic E-state index is 0.210. The summed E-state index contributed by atoms with van der Waals surface area (Å²) in [5.41, 5.74) is 1.78. The summed E-state index contributed by atoms with van der Waals surface area (Å²) in [6, 6.07) is 21.5. The molecule has 0 spiro atoms. The highest BCUT2D eigenvalue weighted by molar-refractivity contribution is 9.10. The van der Waals surface area contributed by atoms with Crippen molar-refractivity contribution in [3.63, 3.8) is 0 Å². The van der Waals surface area contributed by atoms with Gasteiger partial charge in [0.25, 0.3) is 5.91 Å². The Labute approximate surface area is 219 Å². The summed E-state index contributed by atoms with van der Waals surface area (Å²) in [5, 5.41) is 3.26. The molecule has 1 unspecified atom stereocenters. The van der Waals surface area contributed by atoms with Crippen LogP contribution in [0.15, 0.2) is 77.3 Å². The Kier molecular flexibility index (Phi) is 9.99. The first kappa shape index (κ1) is 26.6. The average molecular weight is 560 g/mol. The maximum absolute atomic E-state index is 13.5. The van der Waals surface area contributed by atoms with Gasteiger partial charge in [-0.3, -0.25) is 9.59 Å². The van der Waals surface area contributed by atoms with Crippen molar-refractivity contribution in [1.29, 1.82) is 0 Å². The molecule has 0 radical (unpaired) electrons. The Balaban J connectivity index is 1.91. The maximum Gasteiger partial charge on any atom is 0.261 e. The lowest BCUT2D eigenvalue weighted by Gasteiger charge is -2.31. The molecule has 1 N–H and O–H groups in total. The van der Waals surface area contributed by atoms with E-state index in [0.717, 1.165) is 15.6 Å². The molecule has 0 fully saturated rings. The molecule has 0 aromatic heterocycles. The van der Waals surface area contributed by atoms with Gasteiger partial charge in [-0.1, -0.05) is 70.0 Å². The van der Waals surface area contributed by atoms with Gasteiger partial charge >= 0.3 is 0 Å². The van der Waals surface area contributed by atoms with E-state index < -0.39 is 6.04 Å². The molecule has 0 saturated carbocycles. The van der Waals surface area contributed by atoms with Crippen molar-refractivity contribution in [3.05, 3.63) is 93.4 Å². The van der Waals surface area contributed by atoms with Crippen LogP contribution < -0.4 is 14.8 Å². The number of amides is 2. The van der Waals surface area contributed by atoms with E-state index in [9.17, 15) is 9.59 Å². The summed E-state index contributed by atoms with van der Waals surface area (Å²) in [6.45, 7) is 2.25. The third-order valence-electron chi connectivity index (χ3n) is 5.35. The molecule has 1 atom stereocenters. The number of nitrogens with zero attached hydrogens (tertiary/aromatic N) is 1. The first-order valence-electron chi connectivity index (χ1n) is 11.2. The number of rotatable bonds is 11. The average Bonchev–Trinajstić information content (AvgIpc) is 2.86. The van der Waals surface area contributed by atoms with Crippen molar-refractivity contribution in [1.82, 2.24) is 10.2 Å². The summed E-state index contributed by atoms with van der Waals surface area (Å²) in [4.78, 5) is 28.3. The predicted molar refractivity (Wildman–Crippen MR) is 141 cm³/mol. The van der Waals surface area contributed by atoms with E-state index in [-0.39, 0.29) is 25.0 Å². The highest BCUT2D eigenvalue weighted by Crippen LogP contribution is 2.28. The van der Waals surface area contributed by atoms with Gasteiger partial charge in [0.1, 0.15) is 17.5 Å². The number of halogens is 2. The quantitative estimate of drug-likeness (QED) is 0.348. The molecule has 8 heteroatoms. The van der Waals surface area contributed by atoms with Gasteiger partial charge in [-0.15, -0.1) is 0 Å². The Morgan fingerprint density at radius 2 is 1.77 bits per heavy atom. The van der Waals surface area contributed by atoms with Crippen LogP contribution in [0.2, 0.25) is 5.02 Å². The molecule has 3 aromatic carbocycles. The molecular formula is C27H28BrClN2O4. The van der Waals surface area contributed by atoms with Crippen LogP contribution in [-0.4, -0.2) is 43.0 Å². The summed E-state index contributed by atoms with van der Waals surface area (Å²) < 4.78 is 11.9. The van der Waals surface area contributed by atoms with Crippen LogP contribution >= 0.6 is 27.5 Å². The first-order valence-corrected chi connectivity index (χ1v) is 12.4. The third-order valence-corrected chi connectivity index (χ3v) is 6.14. The molecule has 6 nitrogen and oxygen atoms in total. The van der Waals surface area contributed by atoms with Crippen molar-refractivity contribution >= 4 is 39.3 Å². The van der Waals surface area contributed by atoms with E-state index in [2.05, 4.69) is 21.2 Å². The number of benzene rings is 3. The second kappa shape index (κ2) is 13.2. The number of carbonyl (C=O) groups excluding carboxylic acids is 2.